The number of fused-ring (bicyclic) bond motifs is 1. The average Bonchev–Trinajstić information content (AvgIpc) is 3.12. The molecule has 2 aliphatic rings. The number of thioether (sulfide) groups is 1. The van der Waals surface area contributed by atoms with Gasteiger partial charge in [0.1, 0.15) is 17.2 Å². The lowest BCUT2D eigenvalue weighted by atomic mass is 10.2. The Hall–Kier alpha value is -1.76. The number of halogens is 3. The summed E-state index contributed by atoms with van der Waals surface area (Å²) in [7, 11) is 0. The van der Waals surface area contributed by atoms with Gasteiger partial charge in [0.25, 0.3) is 5.91 Å². The van der Waals surface area contributed by atoms with E-state index in [2.05, 4.69) is 0 Å². The minimum Gasteiger partial charge on any atom is -0.295 e. The summed E-state index contributed by atoms with van der Waals surface area (Å²) < 4.78 is 13.2. The van der Waals surface area contributed by atoms with Crippen LogP contribution in [0.25, 0.3) is 0 Å². The number of anilines is 1. The minimum atomic E-state index is -0.540. The maximum Gasteiger partial charge on any atom is 0.333 e. The van der Waals surface area contributed by atoms with E-state index in [1.54, 1.807) is 29.2 Å². The van der Waals surface area contributed by atoms with Crippen LogP contribution < -0.4 is 4.90 Å². The van der Waals surface area contributed by atoms with Crippen LogP contribution in [0.3, 0.4) is 0 Å². The highest BCUT2D eigenvalue weighted by atomic mass is 35.5. The zero-order chi connectivity index (χ0) is 17.7. The van der Waals surface area contributed by atoms with Crippen LogP contribution in [0.15, 0.2) is 42.5 Å². The highest BCUT2D eigenvalue weighted by Gasteiger charge is 2.53. The van der Waals surface area contributed by atoms with E-state index in [1.807, 2.05) is 0 Å². The molecule has 2 aromatic rings. The van der Waals surface area contributed by atoms with Crippen molar-refractivity contribution in [2.24, 2.45) is 0 Å². The largest absolute Gasteiger partial charge is 0.333 e. The van der Waals surface area contributed by atoms with Crippen LogP contribution in [-0.4, -0.2) is 28.6 Å². The first-order valence-electron chi connectivity index (χ1n) is 7.46. The van der Waals surface area contributed by atoms with Gasteiger partial charge < -0.3 is 0 Å². The summed E-state index contributed by atoms with van der Waals surface area (Å²) >= 11 is 13.4. The van der Waals surface area contributed by atoms with Gasteiger partial charge in [0, 0.05) is 5.75 Å². The Balaban J connectivity index is 1.68. The number of hydrogen-bond donors (Lipinski definition) is 0. The molecule has 0 saturated carbocycles. The summed E-state index contributed by atoms with van der Waals surface area (Å²) in [5.74, 6) is -0.144. The Morgan fingerprint density at radius 2 is 1.76 bits per heavy atom. The van der Waals surface area contributed by atoms with Crippen molar-refractivity contribution in [3.05, 3.63) is 63.9 Å². The van der Waals surface area contributed by atoms with Gasteiger partial charge in [-0.1, -0.05) is 35.3 Å². The molecule has 2 saturated heterocycles. The first-order chi connectivity index (χ1) is 12.0. The van der Waals surface area contributed by atoms with Gasteiger partial charge in [0.05, 0.1) is 15.7 Å². The van der Waals surface area contributed by atoms with Crippen molar-refractivity contribution >= 4 is 52.6 Å². The van der Waals surface area contributed by atoms with E-state index in [0.717, 1.165) is 10.5 Å². The van der Waals surface area contributed by atoms with Crippen LogP contribution in [0.5, 0.6) is 0 Å². The number of imide groups is 1. The summed E-state index contributed by atoms with van der Waals surface area (Å²) in [6.07, 6.45) is 0. The Morgan fingerprint density at radius 1 is 1.04 bits per heavy atom. The van der Waals surface area contributed by atoms with Gasteiger partial charge >= 0.3 is 6.03 Å². The highest BCUT2D eigenvalue weighted by molar-refractivity contribution is 7.99. The van der Waals surface area contributed by atoms with Gasteiger partial charge in [0.15, 0.2) is 0 Å². The van der Waals surface area contributed by atoms with Crippen LogP contribution in [0.1, 0.15) is 10.9 Å². The monoisotopic (exact) mass is 396 g/mol. The van der Waals surface area contributed by atoms with Gasteiger partial charge in [-0.2, -0.15) is 0 Å². The number of urea groups is 1. The van der Waals surface area contributed by atoms with Gasteiger partial charge in [-0.05, 0) is 35.9 Å². The highest BCUT2D eigenvalue weighted by Crippen LogP contribution is 2.46. The lowest BCUT2D eigenvalue weighted by Crippen LogP contribution is -2.33. The predicted octanol–water partition coefficient (Wildman–Crippen LogP) is 4.72. The number of amides is 3. The molecule has 2 aromatic carbocycles. The van der Waals surface area contributed by atoms with Crippen molar-refractivity contribution in [2.75, 3.05) is 10.7 Å². The van der Waals surface area contributed by atoms with Crippen LogP contribution in [0, 0.1) is 5.82 Å². The molecule has 3 amide bonds. The third-order valence-corrected chi connectivity index (χ3v) is 6.30. The predicted molar refractivity (Wildman–Crippen MR) is 96.6 cm³/mol. The van der Waals surface area contributed by atoms with Crippen LogP contribution in [0.2, 0.25) is 10.0 Å². The van der Waals surface area contributed by atoms with E-state index in [-0.39, 0.29) is 22.1 Å². The SMILES string of the molecule is O=C1C2CSC(c3ccc(F)cc3)N2C(=O)N1c1ccc(Cl)c(Cl)c1. The molecule has 0 bridgehead atoms. The number of carbonyl (C=O) groups is 2. The number of benzene rings is 2. The number of nitrogens with zero attached hydrogens (tertiary/aromatic N) is 2. The van der Waals surface area contributed by atoms with Crippen molar-refractivity contribution in [3.8, 4) is 0 Å². The fraction of sp³-hybridized carbons (Fsp3) is 0.176. The van der Waals surface area contributed by atoms with Gasteiger partial charge in [-0.3, -0.25) is 9.69 Å². The fourth-order valence-corrected chi connectivity index (χ4v) is 4.74. The molecule has 4 nitrogen and oxygen atoms in total. The first-order valence-corrected chi connectivity index (χ1v) is 9.26. The molecule has 0 radical (unpaired) electrons. The quantitative estimate of drug-likeness (QED) is 0.689. The van der Waals surface area contributed by atoms with E-state index in [0.29, 0.717) is 16.5 Å². The molecule has 2 fully saturated rings. The van der Waals surface area contributed by atoms with Crippen molar-refractivity contribution in [1.82, 2.24) is 4.90 Å². The van der Waals surface area contributed by atoms with E-state index in [9.17, 15) is 14.0 Å². The number of carbonyl (C=O) groups excluding carboxylic acids is 2. The molecule has 0 aromatic heterocycles. The normalized spacial score (nSPS) is 22.7. The fourth-order valence-electron chi connectivity index (χ4n) is 3.04. The zero-order valence-electron chi connectivity index (χ0n) is 12.7. The molecule has 25 heavy (non-hydrogen) atoms. The Kier molecular flexibility index (Phi) is 4.14. The van der Waals surface area contributed by atoms with Gasteiger partial charge in [-0.15, -0.1) is 11.8 Å². The first kappa shape index (κ1) is 16.7. The van der Waals surface area contributed by atoms with Crippen molar-refractivity contribution < 1.29 is 14.0 Å². The molecular weight excluding hydrogens is 386 g/mol. The molecule has 2 aliphatic heterocycles. The Bertz CT molecular complexity index is 877. The smallest absolute Gasteiger partial charge is 0.295 e. The minimum absolute atomic E-state index is 0.274. The zero-order valence-corrected chi connectivity index (χ0v) is 15.0. The molecule has 2 atom stereocenters. The number of hydrogen-bond acceptors (Lipinski definition) is 3. The van der Waals surface area contributed by atoms with Crippen molar-refractivity contribution in [2.45, 2.75) is 11.4 Å². The Morgan fingerprint density at radius 3 is 2.44 bits per heavy atom. The lowest BCUT2D eigenvalue weighted by Gasteiger charge is -2.23. The molecule has 128 valence electrons. The topological polar surface area (TPSA) is 40.6 Å². The molecule has 2 heterocycles. The van der Waals surface area contributed by atoms with Crippen LogP contribution in [-0.2, 0) is 4.79 Å². The Labute approximate surface area is 157 Å². The average molecular weight is 397 g/mol. The molecular formula is C17H11Cl2FN2O2S. The summed E-state index contributed by atoms with van der Waals surface area (Å²) in [6.45, 7) is 0. The number of rotatable bonds is 2. The summed E-state index contributed by atoms with van der Waals surface area (Å²) in [4.78, 5) is 28.3. The second-order valence-corrected chi connectivity index (χ2v) is 7.64. The molecule has 0 N–H and O–H groups in total. The van der Waals surface area contributed by atoms with E-state index < -0.39 is 12.1 Å². The van der Waals surface area contributed by atoms with Gasteiger partial charge in [-0.25, -0.2) is 14.1 Å². The summed E-state index contributed by atoms with van der Waals surface area (Å²) in [5, 5.41) is 0.302. The molecule has 2 unspecified atom stereocenters. The third-order valence-electron chi connectivity index (χ3n) is 4.23. The molecule has 4 rings (SSSR count). The van der Waals surface area contributed by atoms with E-state index in [4.69, 9.17) is 23.2 Å². The lowest BCUT2D eigenvalue weighted by molar-refractivity contribution is -0.119. The molecule has 0 aliphatic carbocycles. The summed E-state index contributed by atoms with van der Waals surface area (Å²) in [5.41, 5.74) is 1.17. The van der Waals surface area contributed by atoms with Crippen LogP contribution in [0.4, 0.5) is 14.9 Å². The van der Waals surface area contributed by atoms with Crippen LogP contribution >= 0.6 is 35.0 Å². The maximum absolute atomic E-state index is 13.2. The third kappa shape index (κ3) is 2.69. The molecule has 8 heteroatoms. The summed E-state index contributed by atoms with van der Waals surface area (Å²) in [6, 6.07) is 9.66. The van der Waals surface area contributed by atoms with Crippen molar-refractivity contribution in [1.29, 1.82) is 0 Å². The standard InChI is InChI=1S/C17H11Cl2FN2O2S/c18-12-6-5-11(7-13(12)19)21-15(23)14-8-25-16(22(14)17(21)24)9-1-3-10(20)4-2-9/h1-7,14,16H,8H2. The van der Waals surface area contributed by atoms with E-state index >= 15 is 0 Å². The second-order valence-electron chi connectivity index (χ2n) is 5.71. The maximum atomic E-state index is 13.2. The van der Waals surface area contributed by atoms with Gasteiger partial charge in [0.2, 0.25) is 0 Å². The molecule has 0 spiro atoms. The second kappa shape index (κ2) is 6.20. The van der Waals surface area contributed by atoms with Crippen molar-refractivity contribution in [3.63, 3.8) is 0 Å². The van der Waals surface area contributed by atoms with E-state index in [1.165, 1.54) is 30.0 Å².